The molecular weight excluding hydrogens is 242 g/mol. The Labute approximate surface area is 113 Å². The van der Waals surface area contributed by atoms with Gasteiger partial charge in [-0.2, -0.15) is 0 Å². The summed E-state index contributed by atoms with van der Waals surface area (Å²) in [5.74, 6) is -0.127. The van der Waals surface area contributed by atoms with Crippen LogP contribution in [-0.2, 0) is 0 Å². The Morgan fingerprint density at radius 3 is 2.74 bits per heavy atom. The zero-order chi connectivity index (χ0) is 13.9. The van der Waals surface area contributed by atoms with Crippen LogP contribution in [0.5, 0.6) is 0 Å². The van der Waals surface area contributed by atoms with Crippen molar-refractivity contribution >= 4 is 17.3 Å². The maximum absolute atomic E-state index is 12.0. The van der Waals surface area contributed by atoms with Gasteiger partial charge in [0.05, 0.1) is 17.7 Å². The van der Waals surface area contributed by atoms with E-state index in [1.54, 1.807) is 18.2 Å². The monoisotopic (exact) mass is 263 g/mol. The highest BCUT2D eigenvalue weighted by atomic mass is 16.3. The van der Waals surface area contributed by atoms with Gasteiger partial charge in [0.15, 0.2) is 0 Å². The summed E-state index contributed by atoms with van der Waals surface area (Å²) in [7, 11) is 0. The molecule has 0 radical (unpaired) electrons. The minimum atomic E-state index is -0.297. The van der Waals surface area contributed by atoms with Crippen molar-refractivity contribution in [2.24, 2.45) is 0 Å². The zero-order valence-electron chi connectivity index (χ0n) is 11.2. The topological polar surface area (TPSA) is 87.4 Å². The van der Waals surface area contributed by atoms with Gasteiger partial charge in [0.25, 0.3) is 5.91 Å². The molecule has 0 saturated heterocycles. The molecule has 1 aliphatic carbocycles. The van der Waals surface area contributed by atoms with Crippen LogP contribution in [0.15, 0.2) is 18.2 Å². The van der Waals surface area contributed by atoms with Crippen LogP contribution >= 0.6 is 0 Å². The van der Waals surface area contributed by atoms with Crippen molar-refractivity contribution in [3.8, 4) is 0 Å². The highest BCUT2D eigenvalue weighted by molar-refractivity contribution is 6.00. The second kappa shape index (κ2) is 5.48. The van der Waals surface area contributed by atoms with E-state index in [2.05, 4.69) is 10.6 Å². The number of hydrogen-bond acceptors (Lipinski definition) is 4. The maximum Gasteiger partial charge on any atom is 0.253 e. The van der Waals surface area contributed by atoms with Crippen molar-refractivity contribution in [1.29, 1.82) is 0 Å². The van der Waals surface area contributed by atoms with E-state index in [4.69, 9.17) is 5.73 Å². The molecule has 0 heterocycles. The van der Waals surface area contributed by atoms with Gasteiger partial charge in [0.1, 0.15) is 0 Å². The van der Waals surface area contributed by atoms with E-state index in [1.165, 1.54) is 0 Å². The lowest BCUT2D eigenvalue weighted by molar-refractivity contribution is 0.0955. The van der Waals surface area contributed by atoms with E-state index in [1.807, 2.05) is 6.92 Å². The van der Waals surface area contributed by atoms with Gasteiger partial charge in [0.2, 0.25) is 0 Å². The molecule has 0 aliphatic heterocycles. The SMILES string of the molecule is CCNC(=O)c1ccc(N)cc1NC1(CO)CCC1. The number of carbonyl (C=O) groups is 1. The van der Waals surface area contributed by atoms with Crippen LogP contribution in [0, 0.1) is 0 Å². The maximum atomic E-state index is 12.0. The summed E-state index contributed by atoms with van der Waals surface area (Å²) >= 11 is 0. The number of hydrogen-bond donors (Lipinski definition) is 4. The predicted octanol–water partition coefficient (Wildman–Crippen LogP) is 1.35. The fraction of sp³-hybridized carbons (Fsp3) is 0.500. The van der Waals surface area contributed by atoms with Gasteiger partial charge in [-0.05, 0) is 44.4 Å². The standard InChI is InChI=1S/C14H21N3O2/c1-2-16-13(19)11-5-4-10(15)8-12(11)17-14(9-18)6-3-7-14/h4-5,8,17-18H,2-3,6-7,9,15H2,1H3,(H,16,19). The Bertz CT molecular complexity index is 464. The number of nitrogen functional groups attached to an aromatic ring is 1. The lowest BCUT2D eigenvalue weighted by Crippen LogP contribution is -2.48. The van der Waals surface area contributed by atoms with Crippen LogP contribution in [-0.4, -0.2) is 29.7 Å². The fourth-order valence-corrected chi connectivity index (χ4v) is 2.33. The van der Waals surface area contributed by atoms with Crippen LogP contribution in [0.3, 0.4) is 0 Å². The Hall–Kier alpha value is -1.75. The van der Waals surface area contributed by atoms with Gasteiger partial charge in [0, 0.05) is 17.9 Å². The van der Waals surface area contributed by atoms with Crippen molar-refractivity contribution in [3.63, 3.8) is 0 Å². The third kappa shape index (κ3) is 2.81. The quantitative estimate of drug-likeness (QED) is 0.604. The molecule has 1 saturated carbocycles. The van der Waals surface area contributed by atoms with Crippen molar-refractivity contribution < 1.29 is 9.90 Å². The Balaban J connectivity index is 2.27. The van der Waals surface area contributed by atoms with E-state index in [0.717, 1.165) is 19.3 Å². The molecule has 0 aromatic heterocycles. The third-order valence-electron chi connectivity index (χ3n) is 3.64. The molecule has 1 fully saturated rings. The first-order valence-corrected chi connectivity index (χ1v) is 6.67. The molecule has 1 aromatic carbocycles. The van der Waals surface area contributed by atoms with Crippen molar-refractivity contribution in [2.75, 3.05) is 24.2 Å². The highest BCUT2D eigenvalue weighted by Crippen LogP contribution is 2.36. The van der Waals surface area contributed by atoms with Crippen molar-refractivity contribution in [3.05, 3.63) is 23.8 Å². The number of amides is 1. The summed E-state index contributed by atoms with van der Waals surface area (Å²) in [6, 6.07) is 5.18. The molecular formula is C14H21N3O2. The number of aliphatic hydroxyl groups excluding tert-OH is 1. The van der Waals surface area contributed by atoms with E-state index < -0.39 is 0 Å². The minimum absolute atomic E-state index is 0.0661. The highest BCUT2D eigenvalue weighted by Gasteiger charge is 2.36. The summed E-state index contributed by atoms with van der Waals surface area (Å²) in [6.07, 6.45) is 2.91. The normalized spacial score (nSPS) is 16.5. The molecule has 1 amide bonds. The predicted molar refractivity (Wildman–Crippen MR) is 76.2 cm³/mol. The van der Waals surface area contributed by atoms with Crippen molar-refractivity contribution in [2.45, 2.75) is 31.7 Å². The molecule has 0 unspecified atom stereocenters. The first-order valence-electron chi connectivity index (χ1n) is 6.67. The van der Waals surface area contributed by atoms with Crippen LogP contribution in [0.25, 0.3) is 0 Å². The molecule has 0 atom stereocenters. The molecule has 0 bridgehead atoms. The van der Waals surface area contributed by atoms with Gasteiger partial charge < -0.3 is 21.5 Å². The fourth-order valence-electron chi connectivity index (χ4n) is 2.33. The third-order valence-corrected chi connectivity index (χ3v) is 3.64. The lowest BCUT2D eigenvalue weighted by Gasteiger charge is -2.42. The molecule has 5 nitrogen and oxygen atoms in total. The number of nitrogens with two attached hydrogens (primary N) is 1. The molecule has 5 heteroatoms. The second-order valence-corrected chi connectivity index (χ2v) is 5.08. The van der Waals surface area contributed by atoms with Gasteiger partial charge in [-0.25, -0.2) is 0 Å². The van der Waals surface area contributed by atoms with Gasteiger partial charge >= 0.3 is 0 Å². The Morgan fingerprint density at radius 2 is 2.21 bits per heavy atom. The van der Waals surface area contributed by atoms with Crippen LogP contribution in [0.2, 0.25) is 0 Å². The number of nitrogens with one attached hydrogen (secondary N) is 2. The van der Waals surface area contributed by atoms with Gasteiger partial charge in [-0.1, -0.05) is 0 Å². The summed E-state index contributed by atoms with van der Waals surface area (Å²) in [5.41, 5.74) is 7.35. The lowest BCUT2D eigenvalue weighted by atomic mass is 9.77. The first-order chi connectivity index (χ1) is 9.10. The largest absolute Gasteiger partial charge is 0.399 e. The average molecular weight is 263 g/mol. The summed E-state index contributed by atoms with van der Waals surface area (Å²) in [6.45, 7) is 2.52. The molecule has 104 valence electrons. The summed E-state index contributed by atoms with van der Waals surface area (Å²) in [5, 5.41) is 15.6. The average Bonchev–Trinajstić information content (AvgIpc) is 2.34. The van der Waals surface area contributed by atoms with Crippen LogP contribution in [0.1, 0.15) is 36.5 Å². The summed E-state index contributed by atoms with van der Waals surface area (Å²) in [4.78, 5) is 12.0. The van der Waals surface area contributed by atoms with Crippen LogP contribution < -0.4 is 16.4 Å². The van der Waals surface area contributed by atoms with E-state index in [9.17, 15) is 9.90 Å². The molecule has 5 N–H and O–H groups in total. The molecule has 2 rings (SSSR count). The number of benzene rings is 1. The van der Waals surface area contributed by atoms with Gasteiger partial charge in [-0.15, -0.1) is 0 Å². The number of rotatable bonds is 5. The van der Waals surface area contributed by atoms with Crippen LogP contribution in [0.4, 0.5) is 11.4 Å². The van der Waals surface area contributed by atoms with Gasteiger partial charge in [-0.3, -0.25) is 4.79 Å². The van der Waals surface area contributed by atoms with E-state index >= 15 is 0 Å². The molecule has 1 aliphatic rings. The van der Waals surface area contributed by atoms with Crippen molar-refractivity contribution in [1.82, 2.24) is 5.32 Å². The zero-order valence-corrected chi connectivity index (χ0v) is 11.2. The van der Waals surface area contributed by atoms with E-state index in [0.29, 0.717) is 23.5 Å². The molecule has 1 aromatic rings. The molecule has 19 heavy (non-hydrogen) atoms. The number of carbonyl (C=O) groups excluding carboxylic acids is 1. The number of anilines is 2. The smallest absolute Gasteiger partial charge is 0.253 e. The minimum Gasteiger partial charge on any atom is -0.399 e. The number of aliphatic hydroxyl groups is 1. The van der Waals surface area contributed by atoms with E-state index in [-0.39, 0.29) is 18.1 Å². The Kier molecular flexibility index (Phi) is 3.95. The first kappa shape index (κ1) is 13.7. The summed E-state index contributed by atoms with van der Waals surface area (Å²) < 4.78 is 0. The Morgan fingerprint density at radius 1 is 1.47 bits per heavy atom. The second-order valence-electron chi connectivity index (χ2n) is 5.08. The molecule has 0 spiro atoms.